The summed E-state index contributed by atoms with van der Waals surface area (Å²) >= 11 is 0. The molecule has 9 heteroatoms. The number of hydrogen-bond donors (Lipinski definition) is 2. The Kier molecular flexibility index (Phi) is 4.55. The molecule has 4 rings (SSSR count). The van der Waals surface area contributed by atoms with Crippen molar-refractivity contribution in [3.05, 3.63) is 12.7 Å². The van der Waals surface area contributed by atoms with Crippen LogP contribution in [0.5, 0.6) is 0 Å². The lowest BCUT2D eigenvalue weighted by molar-refractivity contribution is -0.140. The van der Waals surface area contributed by atoms with Gasteiger partial charge < -0.3 is 20.5 Å². The van der Waals surface area contributed by atoms with E-state index in [-0.39, 0.29) is 29.7 Å². The largest absolute Gasteiger partial charge is 0.382 e. The third-order valence-electron chi connectivity index (χ3n) is 6.02. The van der Waals surface area contributed by atoms with Crippen LogP contribution in [0.3, 0.4) is 0 Å². The van der Waals surface area contributed by atoms with E-state index in [1.807, 2.05) is 11.6 Å². The van der Waals surface area contributed by atoms with Crippen LogP contribution in [0.15, 0.2) is 12.7 Å². The Morgan fingerprint density at radius 1 is 1.26 bits per heavy atom. The first kappa shape index (κ1) is 17.8. The van der Waals surface area contributed by atoms with Crippen LogP contribution in [0.1, 0.15) is 38.6 Å². The van der Waals surface area contributed by atoms with Gasteiger partial charge >= 0.3 is 0 Å². The van der Waals surface area contributed by atoms with E-state index in [9.17, 15) is 9.59 Å². The molecule has 9 nitrogen and oxygen atoms in total. The highest BCUT2D eigenvalue weighted by Gasteiger charge is 2.43. The Morgan fingerprint density at radius 3 is 2.81 bits per heavy atom. The number of anilines is 1. The lowest BCUT2D eigenvalue weighted by Crippen LogP contribution is -2.46. The van der Waals surface area contributed by atoms with Crippen molar-refractivity contribution in [2.45, 2.75) is 50.7 Å². The van der Waals surface area contributed by atoms with Crippen LogP contribution in [0.4, 0.5) is 5.82 Å². The van der Waals surface area contributed by atoms with Gasteiger partial charge in [-0.15, -0.1) is 0 Å². The molecule has 1 aliphatic heterocycles. The van der Waals surface area contributed by atoms with Crippen molar-refractivity contribution >= 4 is 28.7 Å². The number of nitrogens with one attached hydrogen (secondary N) is 1. The van der Waals surface area contributed by atoms with E-state index in [0.717, 1.165) is 19.3 Å². The van der Waals surface area contributed by atoms with Gasteiger partial charge in [-0.2, -0.15) is 0 Å². The number of ketones is 1. The van der Waals surface area contributed by atoms with E-state index in [0.29, 0.717) is 29.9 Å². The van der Waals surface area contributed by atoms with Gasteiger partial charge in [-0.3, -0.25) is 9.59 Å². The molecule has 3 N–H and O–H groups in total. The third kappa shape index (κ3) is 2.95. The van der Waals surface area contributed by atoms with Crippen molar-refractivity contribution in [1.82, 2.24) is 29.7 Å². The number of fused-ring (bicyclic) bond motifs is 1. The molecule has 1 aliphatic carbocycles. The number of carbonyl (C=O) groups excluding carboxylic acids is 2. The van der Waals surface area contributed by atoms with Gasteiger partial charge in [0.2, 0.25) is 5.91 Å². The van der Waals surface area contributed by atoms with Crippen molar-refractivity contribution in [2.75, 3.05) is 19.3 Å². The smallest absolute Gasteiger partial charge is 0.227 e. The molecule has 27 heavy (non-hydrogen) atoms. The summed E-state index contributed by atoms with van der Waals surface area (Å²) in [5.41, 5.74) is 7.07. The van der Waals surface area contributed by atoms with E-state index >= 15 is 0 Å². The predicted octanol–water partition coefficient (Wildman–Crippen LogP) is 0.528. The second kappa shape index (κ2) is 6.88. The Labute approximate surface area is 157 Å². The first-order valence-corrected chi connectivity index (χ1v) is 9.42. The number of carbonyl (C=O) groups is 2. The zero-order valence-corrected chi connectivity index (χ0v) is 15.6. The van der Waals surface area contributed by atoms with Crippen LogP contribution in [-0.2, 0) is 9.59 Å². The summed E-state index contributed by atoms with van der Waals surface area (Å²) < 4.78 is 1.92. The minimum absolute atomic E-state index is 0.0171. The number of imidazole rings is 1. The average molecular weight is 371 g/mol. The fourth-order valence-electron chi connectivity index (χ4n) is 4.60. The monoisotopic (exact) mass is 371 g/mol. The number of nitrogens with zero attached hydrogens (tertiary/aromatic N) is 5. The zero-order chi connectivity index (χ0) is 19.1. The molecule has 1 amide bonds. The van der Waals surface area contributed by atoms with Crippen molar-refractivity contribution in [2.24, 2.45) is 5.92 Å². The summed E-state index contributed by atoms with van der Waals surface area (Å²) in [4.78, 5) is 39.9. The van der Waals surface area contributed by atoms with Gasteiger partial charge in [0, 0.05) is 12.6 Å². The maximum Gasteiger partial charge on any atom is 0.227 e. The molecule has 0 aromatic carbocycles. The Balaban J connectivity index is 1.63. The molecular weight excluding hydrogens is 346 g/mol. The molecule has 4 atom stereocenters. The van der Waals surface area contributed by atoms with E-state index in [2.05, 4.69) is 20.3 Å². The first-order chi connectivity index (χ1) is 13.0. The van der Waals surface area contributed by atoms with E-state index < -0.39 is 6.04 Å². The van der Waals surface area contributed by atoms with Crippen LogP contribution in [-0.4, -0.2) is 61.8 Å². The van der Waals surface area contributed by atoms with Gasteiger partial charge in [-0.05, 0) is 33.2 Å². The second-order valence-corrected chi connectivity index (χ2v) is 7.52. The summed E-state index contributed by atoms with van der Waals surface area (Å²) in [7, 11) is 1.90. The summed E-state index contributed by atoms with van der Waals surface area (Å²) in [6.45, 7) is 2.04. The molecule has 144 valence electrons. The molecule has 3 heterocycles. The number of rotatable bonds is 4. The number of hydrogen-bond acceptors (Lipinski definition) is 7. The maximum absolute atomic E-state index is 13.2. The number of nitrogens with two attached hydrogens (primary N) is 1. The van der Waals surface area contributed by atoms with Crippen LogP contribution in [0, 0.1) is 5.92 Å². The van der Waals surface area contributed by atoms with Gasteiger partial charge in [-0.25, -0.2) is 15.0 Å². The third-order valence-corrected chi connectivity index (χ3v) is 6.02. The molecule has 2 aliphatic rings. The molecular formula is C18H25N7O2. The highest BCUT2D eigenvalue weighted by molar-refractivity contribution is 5.89. The highest BCUT2D eigenvalue weighted by Crippen LogP contribution is 2.35. The molecule has 0 bridgehead atoms. The van der Waals surface area contributed by atoms with Crippen LogP contribution >= 0.6 is 0 Å². The molecule has 2 aromatic rings. The van der Waals surface area contributed by atoms with Gasteiger partial charge in [0.1, 0.15) is 11.8 Å². The van der Waals surface area contributed by atoms with Crippen LogP contribution < -0.4 is 11.1 Å². The van der Waals surface area contributed by atoms with Gasteiger partial charge in [0.05, 0.1) is 24.3 Å². The van der Waals surface area contributed by atoms with Gasteiger partial charge in [0.25, 0.3) is 0 Å². The lowest BCUT2D eigenvalue weighted by atomic mass is 10.0. The minimum Gasteiger partial charge on any atom is -0.382 e. The van der Waals surface area contributed by atoms with E-state index in [4.69, 9.17) is 5.73 Å². The molecule has 0 radical (unpaired) electrons. The van der Waals surface area contributed by atoms with E-state index in [1.54, 1.807) is 18.2 Å². The van der Waals surface area contributed by atoms with E-state index in [1.165, 1.54) is 6.33 Å². The van der Waals surface area contributed by atoms with Gasteiger partial charge in [-0.1, -0.05) is 6.42 Å². The molecule has 2 aromatic heterocycles. The predicted molar refractivity (Wildman–Crippen MR) is 99.8 cm³/mol. The number of nitrogen functional groups attached to an aromatic ring is 1. The zero-order valence-electron chi connectivity index (χ0n) is 15.6. The van der Waals surface area contributed by atoms with Gasteiger partial charge in [0.15, 0.2) is 17.2 Å². The number of likely N-dealkylation sites (tertiary alicyclic amines) is 1. The lowest BCUT2D eigenvalue weighted by Gasteiger charge is -2.28. The number of Topliss-reactive ketones (excluding diaryl/α,β-unsaturated/α-hetero) is 1. The van der Waals surface area contributed by atoms with Crippen molar-refractivity contribution < 1.29 is 9.59 Å². The Morgan fingerprint density at radius 2 is 2.07 bits per heavy atom. The summed E-state index contributed by atoms with van der Waals surface area (Å²) in [6.07, 6.45) is 6.55. The average Bonchev–Trinajstić information content (AvgIpc) is 3.38. The summed E-state index contributed by atoms with van der Waals surface area (Å²) in [5.74, 6) is 0.361. The van der Waals surface area contributed by atoms with Crippen LogP contribution in [0.25, 0.3) is 11.2 Å². The standard InChI is InChI=1S/C18H25N7O2/c1-10(26)14-6-11(25-9-23-15-16(19)21-8-22-17(15)25)7-24(14)18(27)12-4-3-5-13(12)20-2/h8-9,11-14,20H,3-7H2,1-2H3,(H2,19,21,22)/t11-,12-,13-,14+/m0/s1. The molecule has 0 unspecified atom stereocenters. The number of amides is 1. The fraction of sp³-hybridized carbons (Fsp3) is 0.611. The molecule has 1 saturated carbocycles. The summed E-state index contributed by atoms with van der Waals surface area (Å²) in [6, 6.07) is -0.278. The van der Waals surface area contributed by atoms with Crippen LogP contribution in [0.2, 0.25) is 0 Å². The number of aromatic nitrogens is 4. The maximum atomic E-state index is 13.2. The summed E-state index contributed by atoms with van der Waals surface area (Å²) in [5, 5.41) is 3.25. The normalized spacial score (nSPS) is 28.1. The quantitative estimate of drug-likeness (QED) is 0.804. The molecule has 2 fully saturated rings. The highest BCUT2D eigenvalue weighted by atomic mass is 16.2. The Bertz CT molecular complexity index is 880. The van der Waals surface area contributed by atoms with Crippen molar-refractivity contribution in [3.8, 4) is 0 Å². The SMILES string of the molecule is CN[C@H]1CCC[C@@H]1C(=O)N1C[C@@H](n2cnc3c(N)ncnc32)C[C@@H]1C(C)=O. The van der Waals surface area contributed by atoms with Crippen molar-refractivity contribution in [1.29, 1.82) is 0 Å². The Hall–Kier alpha value is -2.55. The van der Waals surface area contributed by atoms with Crippen molar-refractivity contribution in [3.63, 3.8) is 0 Å². The first-order valence-electron chi connectivity index (χ1n) is 9.42. The molecule has 1 saturated heterocycles. The minimum atomic E-state index is -0.405. The second-order valence-electron chi connectivity index (χ2n) is 7.52. The fourth-order valence-corrected chi connectivity index (χ4v) is 4.60. The topological polar surface area (TPSA) is 119 Å². The molecule has 0 spiro atoms.